The summed E-state index contributed by atoms with van der Waals surface area (Å²) in [6.45, 7) is 0.229. The smallest absolute Gasteiger partial charge is 0.339 e. The summed E-state index contributed by atoms with van der Waals surface area (Å²) in [4.78, 5) is 12.4. The minimum Gasteiger partial charge on any atom is -0.462 e. The van der Waals surface area contributed by atoms with Crippen molar-refractivity contribution in [2.24, 2.45) is 0 Å². The maximum absolute atomic E-state index is 12.3. The summed E-state index contributed by atoms with van der Waals surface area (Å²) in [5.74, 6) is -0.550. The largest absolute Gasteiger partial charge is 0.462 e. The van der Waals surface area contributed by atoms with Gasteiger partial charge in [-0.15, -0.1) is 0 Å². The van der Waals surface area contributed by atoms with Crippen LogP contribution in [0.3, 0.4) is 0 Å². The van der Waals surface area contributed by atoms with Crippen molar-refractivity contribution >= 4 is 31.9 Å². The fraction of sp³-hybridized carbons (Fsp3) is 0.278. The first-order valence-corrected chi connectivity index (χ1v) is 10.3. The van der Waals surface area contributed by atoms with Crippen molar-refractivity contribution in [3.63, 3.8) is 0 Å². The molecule has 0 unspecified atom stereocenters. The summed E-state index contributed by atoms with van der Waals surface area (Å²) in [7, 11) is -3.61. The zero-order chi connectivity index (χ0) is 17.9. The first-order valence-electron chi connectivity index (χ1n) is 7.98. The third-order valence-corrected chi connectivity index (χ3v) is 6.04. The highest BCUT2D eigenvalue weighted by Gasteiger charge is 2.28. The van der Waals surface area contributed by atoms with E-state index in [4.69, 9.17) is 4.74 Å². The lowest BCUT2D eigenvalue weighted by Gasteiger charge is -2.10. The van der Waals surface area contributed by atoms with Gasteiger partial charge in [-0.2, -0.15) is 0 Å². The number of sulfonamides is 1. The molecule has 0 aliphatic heterocycles. The molecule has 1 aliphatic rings. The predicted molar refractivity (Wildman–Crippen MR) is 97.9 cm³/mol. The van der Waals surface area contributed by atoms with Crippen molar-refractivity contribution in [1.29, 1.82) is 0 Å². The number of esters is 1. The molecule has 0 amide bonds. The Morgan fingerprint density at radius 2 is 1.88 bits per heavy atom. The monoisotopic (exact) mass is 423 g/mol. The lowest BCUT2D eigenvalue weighted by molar-refractivity contribution is 0.0508. The maximum atomic E-state index is 12.3. The number of hydrogen-bond donors (Lipinski definition) is 1. The minimum absolute atomic E-state index is 0.00919. The molecule has 1 N–H and O–H groups in total. The van der Waals surface area contributed by atoms with E-state index in [-0.39, 0.29) is 23.1 Å². The number of carbonyl (C=O) groups is 1. The van der Waals surface area contributed by atoms with Gasteiger partial charge >= 0.3 is 5.97 Å². The summed E-state index contributed by atoms with van der Waals surface area (Å²) >= 11 is 3.28. The normalized spacial score (nSPS) is 14.3. The van der Waals surface area contributed by atoms with Crippen LogP contribution in [-0.4, -0.2) is 27.0 Å². The Balaban J connectivity index is 1.68. The standard InChI is InChI=1S/C18H18BrNO4S/c19-17-9-8-15(25(22,23)20-14-6-7-14)12-16(17)18(21)24-11-10-13-4-2-1-3-5-13/h1-5,8-9,12,14,20H,6-7,10-11H2. The molecule has 3 rings (SSSR count). The molecule has 0 heterocycles. The SMILES string of the molecule is O=C(OCCc1ccccc1)c1cc(S(=O)(=O)NC2CC2)ccc1Br. The highest BCUT2D eigenvalue weighted by molar-refractivity contribution is 9.10. The Labute approximate surface area is 155 Å². The Bertz CT molecular complexity index is 864. The second-order valence-electron chi connectivity index (χ2n) is 5.91. The zero-order valence-electron chi connectivity index (χ0n) is 13.4. The number of nitrogens with one attached hydrogen (secondary N) is 1. The Kier molecular flexibility index (Phi) is 5.56. The molecule has 1 aliphatic carbocycles. The molecular formula is C18H18BrNO4S. The van der Waals surface area contributed by atoms with Crippen molar-refractivity contribution in [1.82, 2.24) is 4.72 Å². The van der Waals surface area contributed by atoms with Gasteiger partial charge in [0.2, 0.25) is 10.0 Å². The van der Waals surface area contributed by atoms with E-state index in [1.807, 2.05) is 30.3 Å². The molecule has 0 spiro atoms. The summed E-state index contributed by atoms with van der Waals surface area (Å²) in [6.07, 6.45) is 2.31. The molecular weight excluding hydrogens is 406 g/mol. The number of hydrogen-bond acceptors (Lipinski definition) is 4. The van der Waals surface area contributed by atoms with Gasteiger partial charge in [-0.25, -0.2) is 17.9 Å². The molecule has 5 nitrogen and oxygen atoms in total. The van der Waals surface area contributed by atoms with Gasteiger partial charge in [-0.05, 0) is 52.5 Å². The van der Waals surface area contributed by atoms with Crippen LogP contribution >= 0.6 is 15.9 Å². The van der Waals surface area contributed by atoms with E-state index >= 15 is 0 Å². The third kappa shape index (κ3) is 4.90. The van der Waals surface area contributed by atoms with Crippen LogP contribution < -0.4 is 4.72 Å². The van der Waals surface area contributed by atoms with E-state index in [1.165, 1.54) is 12.1 Å². The Hall–Kier alpha value is -1.70. The van der Waals surface area contributed by atoms with E-state index in [1.54, 1.807) is 6.07 Å². The number of rotatable bonds is 7. The number of ether oxygens (including phenoxy) is 1. The first-order chi connectivity index (χ1) is 12.0. The summed E-state index contributed by atoms with van der Waals surface area (Å²) < 4.78 is 33.0. The summed E-state index contributed by atoms with van der Waals surface area (Å²) in [6, 6.07) is 14.1. The van der Waals surface area contributed by atoms with Crippen molar-refractivity contribution in [3.05, 3.63) is 64.1 Å². The summed E-state index contributed by atoms with van der Waals surface area (Å²) in [5.41, 5.74) is 1.27. The molecule has 2 aromatic rings. The number of benzene rings is 2. The number of carbonyl (C=O) groups excluding carboxylic acids is 1. The van der Waals surface area contributed by atoms with Crippen LogP contribution in [0.25, 0.3) is 0 Å². The highest BCUT2D eigenvalue weighted by Crippen LogP contribution is 2.25. The topological polar surface area (TPSA) is 72.5 Å². The second-order valence-corrected chi connectivity index (χ2v) is 8.48. The van der Waals surface area contributed by atoms with Crippen molar-refractivity contribution in [3.8, 4) is 0 Å². The summed E-state index contributed by atoms with van der Waals surface area (Å²) in [5, 5.41) is 0. The third-order valence-electron chi connectivity index (χ3n) is 3.83. The van der Waals surface area contributed by atoms with Gasteiger partial charge in [-0.3, -0.25) is 0 Å². The molecule has 0 radical (unpaired) electrons. The van der Waals surface area contributed by atoms with Gasteiger partial charge in [0.05, 0.1) is 17.1 Å². The first kappa shape index (κ1) is 18.1. The van der Waals surface area contributed by atoms with Crippen molar-refractivity contribution in [2.45, 2.75) is 30.2 Å². The van der Waals surface area contributed by atoms with Crippen LogP contribution in [-0.2, 0) is 21.2 Å². The van der Waals surface area contributed by atoms with Gasteiger partial charge in [0.25, 0.3) is 0 Å². The molecule has 0 bridgehead atoms. The lowest BCUT2D eigenvalue weighted by Crippen LogP contribution is -2.26. The maximum Gasteiger partial charge on any atom is 0.339 e. The quantitative estimate of drug-likeness (QED) is 0.693. The van der Waals surface area contributed by atoms with Crippen LogP contribution in [0.2, 0.25) is 0 Å². The van der Waals surface area contributed by atoms with Crippen molar-refractivity contribution < 1.29 is 17.9 Å². The molecule has 7 heteroatoms. The van der Waals surface area contributed by atoms with Crippen LogP contribution in [0.1, 0.15) is 28.8 Å². The van der Waals surface area contributed by atoms with Crippen LogP contribution in [0.15, 0.2) is 57.9 Å². The highest BCUT2D eigenvalue weighted by atomic mass is 79.9. The second kappa shape index (κ2) is 7.68. The van der Waals surface area contributed by atoms with Gasteiger partial charge in [0.15, 0.2) is 0 Å². The van der Waals surface area contributed by atoms with Crippen LogP contribution in [0.4, 0.5) is 0 Å². The van der Waals surface area contributed by atoms with Crippen LogP contribution in [0, 0.1) is 0 Å². The van der Waals surface area contributed by atoms with Gasteiger partial charge in [-0.1, -0.05) is 30.3 Å². The molecule has 0 atom stereocenters. The number of halogens is 1. The van der Waals surface area contributed by atoms with E-state index in [2.05, 4.69) is 20.7 Å². The molecule has 0 aromatic heterocycles. The average Bonchev–Trinajstić information content (AvgIpc) is 3.39. The van der Waals surface area contributed by atoms with Gasteiger partial charge < -0.3 is 4.74 Å². The average molecular weight is 424 g/mol. The fourth-order valence-electron chi connectivity index (χ4n) is 2.30. The van der Waals surface area contributed by atoms with Crippen molar-refractivity contribution in [2.75, 3.05) is 6.61 Å². The van der Waals surface area contributed by atoms with E-state index in [0.717, 1.165) is 18.4 Å². The molecule has 1 saturated carbocycles. The molecule has 1 fully saturated rings. The lowest BCUT2D eigenvalue weighted by atomic mass is 10.2. The molecule has 2 aromatic carbocycles. The van der Waals surface area contributed by atoms with Gasteiger partial charge in [0, 0.05) is 16.9 Å². The molecule has 0 saturated heterocycles. The van der Waals surface area contributed by atoms with Crippen LogP contribution in [0.5, 0.6) is 0 Å². The fourth-order valence-corrected chi connectivity index (χ4v) is 4.04. The Morgan fingerprint density at radius 1 is 1.16 bits per heavy atom. The van der Waals surface area contributed by atoms with E-state index < -0.39 is 16.0 Å². The molecule has 132 valence electrons. The zero-order valence-corrected chi connectivity index (χ0v) is 15.8. The Morgan fingerprint density at radius 3 is 2.56 bits per heavy atom. The molecule has 25 heavy (non-hydrogen) atoms. The minimum atomic E-state index is -3.61. The van der Waals surface area contributed by atoms with E-state index in [9.17, 15) is 13.2 Å². The van der Waals surface area contributed by atoms with Gasteiger partial charge in [0.1, 0.15) is 0 Å². The van der Waals surface area contributed by atoms with E-state index in [0.29, 0.717) is 10.9 Å². The predicted octanol–water partition coefficient (Wildman–Crippen LogP) is 3.29.